The second kappa shape index (κ2) is 9.74. The molecule has 0 saturated heterocycles. The van der Waals surface area contributed by atoms with Crippen LogP contribution in [0, 0.1) is 0 Å². The maximum atomic E-state index is 2.53. The minimum Gasteiger partial charge on any atom is -0.309 e. The summed E-state index contributed by atoms with van der Waals surface area (Å²) in [6, 6.07) is 67.6. The van der Waals surface area contributed by atoms with Crippen molar-refractivity contribution in [2.45, 2.75) is 5.41 Å². The minimum absolute atomic E-state index is 0.389. The molecule has 1 spiro atoms. The van der Waals surface area contributed by atoms with Crippen LogP contribution >= 0.6 is 0 Å². The number of nitrogens with zero attached hydrogens (tertiary/aromatic N) is 2. The number of aromatic nitrogens is 2. The highest BCUT2D eigenvalue weighted by atomic mass is 15.0. The molecule has 0 saturated carbocycles. The molecule has 2 nitrogen and oxygen atoms in total. The normalized spacial score (nSPS) is 13.6. The highest BCUT2D eigenvalue weighted by Crippen LogP contribution is 2.64. The van der Waals surface area contributed by atoms with Crippen molar-refractivity contribution in [3.05, 3.63) is 204 Å². The number of fused-ring (bicyclic) bond motifs is 17. The predicted octanol–water partition coefficient (Wildman–Crippen LogP) is 12.2. The van der Waals surface area contributed by atoms with Crippen molar-refractivity contribution in [2.24, 2.45) is 0 Å². The molecule has 0 N–H and O–H groups in total. The number of benzene rings is 8. The third-order valence-electron chi connectivity index (χ3n) is 11.7. The van der Waals surface area contributed by atoms with Crippen LogP contribution in [0.1, 0.15) is 22.3 Å². The third-order valence-corrected chi connectivity index (χ3v) is 11.7. The van der Waals surface area contributed by atoms with Crippen molar-refractivity contribution in [1.29, 1.82) is 0 Å². The fourth-order valence-corrected chi connectivity index (χ4v) is 9.87. The summed E-state index contributed by atoms with van der Waals surface area (Å²) in [6.07, 6.45) is 0. The molecule has 2 aromatic heterocycles. The topological polar surface area (TPSA) is 9.86 Å². The Bertz CT molecular complexity index is 3000. The van der Waals surface area contributed by atoms with Crippen molar-refractivity contribution in [2.75, 3.05) is 0 Å². The zero-order chi connectivity index (χ0) is 33.3. The van der Waals surface area contributed by atoms with Crippen molar-refractivity contribution in [3.63, 3.8) is 0 Å². The van der Waals surface area contributed by atoms with E-state index in [2.05, 4.69) is 191 Å². The van der Waals surface area contributed by atoms with Gasteiger partial charge in [0.05, 0.1) is 27.5 Å². The summed E-state index contributed by atoms with van der Waals surface area (Å²) in [5, 5.41) is 5.08. The molecule has 2 aliphatic rings. The Labute approximate surface area is 295 Å². The van der Waals surface area contributed by atoms with E-state index in [1.54, 1.807) is 0 Å². The van der Waals surface area contributed by atoms with E-state index in [0.717, 1.165) is 11.4 Å². The van der Waals surface area contributed by atoms with Gasteiger partial charge in [-0.25, -0.2) is 0 Å². The first-order valence-electron chi connectivity index (χ1n) is 17.8. The fourth-order valence-electron chi connectivity index (χ4n) is 9.87. The maximum Gasteiger partial charge on any atom is 0.0726 e. The molecule has 8 aromatic carbocycles. The molecule has 0 atom stereocenters. The van der Waals surface area contributed by atoms with E-state index in [1.807, 2.05) is 0 Å². The summed E-state index contributed by atoms with van der Waals surface area (Å²) in [4.78, 5) is 0. The Morgan fingerprint density at radius 3 is 1.37 bits per heavy atom. The summed E-state index contributed by atoms with van der Waals surface area (Å²) >= 11 is 0. The van der Waals surface area contributed by atoms with Gasteiger partial charge in [-0.2, -0.15) is 0 Å². The molecule has 0 radical (unpaired) electrons. The van der Waals surface area contributed by atoms with Crippen LogP contribution in [0.4, 0.5) is 0 Å². The van der Waals surface area contributed by atoms with Crippen LogP contribution in [0.15, 0.2) is 182 Å². The molecule has 2 heterocycles. The van der Waals surface area contributed by atoms with Crippen LogP contribution < -0.4 is 0 Å². The van der Waals surface area contributed by atoms with E-state index in [9.17, 15) is 0 Å². The molecule has 236 valence electrons. The first-order chi connectivity index (χ1) is 25.3. The van der Waals surface area contributed by atoms with Crippen molar-refractivity contribution < 1.29 is 0 Å². The summed E-state index contributed by atoms with van der Waals surface area (Å²) in [5.41, 5.74) is 17.6. The molecule has 2 aliphatic carbocycles. The average Bonchev–Trinajstić information content (AvgIpc) is 3.90. The van der Waals surface area contributed by atoms with Gasteiger partial charge in [-0.05, 0) is 75.3 Å². The van der Waals surface area contributed by atoms with Crippen LogP contribution in [-0.4, -0.2) is 9.13 Å². The molecule has 0 fully saturated rings. The molecular formula is C49H30N2. The van der Waals surface area contributed by atoms with Gasteiger partial charge in [0, 0.05) is 38.5 Å². The van der Waals surface area contributed by atoms with Crippen LogP contribution in [-0.2, 0) is 5.41 Å². The van der Waals surface area contributed by atoms with E-state index < -0.39 is 0 Å². The predicted molar refractivity (Wildman–Crippen MR) is 211 cm³/mol. The highest BCUT2D eigenvalue weighted by molar-refractivity contribution is 6.17. The number of hydrogen-bond acceptors (Lipinski definition) is 0. The molecule has 10 aromatic rings. The van der Waals surface area contributed by atoms with E-state index >= 15 is 0 Å². The summed E-state index contributed by atoms with van der Waals surface area (Å²) < 4.78 is 4.95. The van der Waals surface area contributed by atoms with E-state index in [0.29, 0.717) is 0 Å². The molecule has 0 bridgehead atoms. The van der Waals surface area contributed by atoms with Gasteiger partial charge in [0.2, 0.25) is 0 Å². The van der Waals surface area contributed by atoms with Crippen molar-refractivity contribution in [3.8, 4) is 33.6 Å². The van der Waals surface area contributed by atoms with E-state index in [4.69, 9.17) is 0 Å². The van der Waals surface area contributed by atoms with E-state index in [1.165, 1.54) is 88.1 Å². The number of hydrogen-bond donors (Lipinski definition) is 0. The second-order valence-corrected chi connectivity index (χ2v) is 14.0. The van der Waals surface area contributed by atoms with Crippen LogP contribution in [0.5, 0.6) is 0 Å². The van der Waals surface area contributed by atoms with Crippen molar-refractivity contribution >= 4 is 43.6 Å². The van der Waals surface area contributed by atoms with Gasteiger partial charge in [0.1, 0.15) is 0 Å². The quantitative estimate of drug-likeness (QED) is 0.177. The summed E-state index contributed by atoms with van der Waals surface area (Å²) in [7, 11) is 0. The van der Waals surface area contributed by atoms with Gasteiger partial charge >= 0.3 is 0 Å². The van der Waals surface area contributed by atoms with Crippen LogP contribution in [0.3, 0.4) is 0 Å². The molecule has 0 aliphatic heterocycles. The zero-order valence-corrected chi connectivity index (χ0v) is 27.7. The summed E-state index contributed by atoms with van der Waals surface area (Å²) in [5.74, 6) is 0. The van der Waals surface area contributed by atoms with Gasteiger partial charge in [0.25, 0.3) is 0 Å². The SMILES string of the molecule is c1cc(-n2c3ccccc3c3ccccc32)cc(-n2c3ccccc3c3ccc4c(c32)-c2ccccc2C42c3ccccc3-c3ccccc32)c1. The molecular weight excluding hydrogens is 617 g/mol. The lowest BCUT2D eigenvalue weighted by atomic mass is 9.70. The fraction of sp³-hybridized carbons (Fsp3) is 0.0204. The molecule has 0 unspecified atom stereocenters. The zero-order valence-electron chi connectivity index (χ0n) is 27.7. The van der Waals surface area contributed by atoms with Gasteiger partial charge in [-0.1, -0.05) is 146 Å². The van der Waals surface area contributed by atoms with Crippen LogP contribution in [0.25, 0.3) is 77.2 Å². The monoisotopic (exact) mass is 646 g/mol. The first kappa shape index (κ1) is 27.2. The minimum atomic E-state index is -0.389. The Balaban J connectivity index is 1.21. The number of para-hydroxylation sites is 3. The second-order valence-electron chi connectivity index (χ2n) is 14.0. The standard InChI is InChI=1S/C49H30N2/c1-7-22-40-33(16-1)34-17-2-8-23-41(34)49(40)42-24-9-3-21-39(42)47-43(49)29-28-38-37-20-6-12-27-46(37)51(48(38)47)32-15-13-14-31(30-32)50-44-25-10-4-18-35(44)36-19-5-11-26-45(36)50/h1-30H. The smallest absolute Gasteiger partial charge is 0.0726 e. The molecule has 12 rings (SSSR count). The third kappa shape index (κ3) is 3.28. The lowest BCUT2D eigenvalue weighted by molar-refractivity contribution is 0.794. The van der Waals surface area contributed by atoms with Gasteiger partial charge in [-0.3, -0.25) is 0 Å². The lowest BCUT2D eigenvalue weighted by Crippen LogP contribution is -2.25. The van der Waals surface area contributed by atoms with E-state index in [-0.39, 0.29) is 5.41 Å². The molecule has 0 amide bonds. The Morgan fingerprint density at radius 1 is 0.314 bits per heavy atom. The van der Waals surface area contributed by atoms with Crippen LogP contribution in [0.2, 0.25) is 0 Å². The molecule has 51 heavy (non-hydrogen) atoms. The Hall–Kier alpha value is -6.64. The largest absolute Gasteiger partial charge is 0.309 e. The molecule has 2 heteroatoms. The average molecular weight is 647 g/mol. The Morgan fingerprint density at radius 2 is 0.765 bits per heavy atom. The summed E-state index contributed by atoms with van der Waals surface area (Å²) in [6.45, 7) is 0. The highest BCUT2D eigenvalue weighted by Gasteiger charge is 2.52. The van der Waals surface area contributed by atoms with Gasteiger partial charge in [0.15, 0.2) is 0 Å². The van der Waals surface area contributed by atoms with Gasteiger partial charge < -0.3 is 9.13 Å². The van der Waals surface area contributed by atoms with Crippen molar-refractivity contribution in [1.82, 2.24) is 9.13 Å². The maximum absolute atomic E-state index is 2.53. The lowest BCUT2D eigenvalue weighted by Gasteiger charge is -2.30. The Kier molecular flexibility index (Phi) is 5.20. The van der Waals surface area contributed by atoms with Gasteiger partial charge in [-0.15, -0.1) is 0 Å². The first-order valence-corrected chi connectivity index (χ1v) is 17.8. The number of rotatable bonds is 2.